The Balaban J connectivity index is 0. The van der Waals surface area contributed by atoms with E-state index >= 15 is 0 Å². The third-order valence-corrected chi connectivity index (χ3v) is 6.09. The van der Waals surface area contributed by atoms with Gasteiger partial charge in [-0.1, -0.05) is 142 Å². The van der Waals surface area contributed by atoms with E-state index < -0.39 is 0 Å². The standard InChI is InChI=1S/C18H30.C8H8.C5H12.C2H6/c1-7-10-18(11-8-2)12-15(5)17(14(4)9-3)16(6)13-18;1-2-8-6-4-3-5-7-8;1-3-5-4-2;1-2/h4-5,7-13H2,1-3,6H3;2-7H,1H2;3-5H2,1-2H3;1-2H3. The van der Waals surface area contributed by atoms with E-state index in [2.05, 4.69) is 61.3 Å². The smallest absolute Gasteiger partial charge is 0.0215 e. The van der Waals surface area contributed by atoms with Crippen molar-refractivity contribution in [1.29, 1.82) is 0 Å². The first-order chi connectivity index (χ1) is 15.8. The number of allylic oxidation sites excluding steroid dienone is 4. The van der Waals surface area contributed by atoms with Crippen LogP contribution in [0.1, 0.15) is 125 Å². The maximum atomic E-state index is 4.36. The molecule has 0 nitrogen and oxygen atoms in total. The van der Waals surface area contributed by atoms with Crippen molar-refractivity contribution in [3.63, 3.8) is 0 Å². The fraction of sp³-hybridized carbons (Fsp3) is 0.576. The number of unbranched alkanes of at least 4 members (excludes halogenated alkanes) is 2. The average Bonchev–Trinajstić information content (AvgIpc) is 2.82. The molecule has 0 radical (unpaired) electrons. The van der Waals surface area contributed by atoms with Gasteiger partial charge in [0.2, 0.25) is 0 Å². The van der Waals surface area contributed by atoms with Crippen molar-refractivity contribution in [2.75, 3.05) is 0 Å². The molecule has 0 saturated heterocycles. The Labute approximate surface area is 209 Å². The van der Waals surface area contributed by atoms with Gasteiger partial charge in [0.05, 0.1) is 0 Å². The molecule has 0 spiro atoms. The lowest BCUT2D eigenvalue weighted by Gasteiger charge is -2.40. The lowest BCUT2D eigenvalue weighted by Crippen LogP contribution is -2.26. The van der Waals surface area contributed by atoms with E-state index in [1.165, 1.54) is 85.6 Å². The predicted molar refractivity (Wildman–Crippen MR) is 156 cm³/mol. The van der Waals surface area contributed by atoms with E-state index in [0.717, 1.165) is 6.42 Å². The van der Waals surface area contributed by atoms with Gasteiger partial charge in [-0.2, -0.15) is 0 Å². The van der Waals surface area contributed by atoms with Crippen LogP contribution in [0, 0.1) is 5.41 Å². The van der Waals surface area contributed by atoms with Crippen molar-refractivity contribution in [3.8, 4) is 0 Å². The van der Waals surface area contributed by atoms with Crippen molar-refractivity contribution in [2.24, 2.45) is 5.41 Å². The Hall–Kier alpha value is -1.82. The second kappa shape index (κ2) is 20.8. The van der Waals surface area contributed by atoms with Crippen molar-refractivity contribution in [1.82, 2.24) is 0 Å². The summed E-state index contributed by atoms with van der Waals surface area (Å²) in [4.78, 5) is 0. The minimum Gasteiger partial charge on any atom is -0.0985 e. The molecular weight excluding hydrogens is 396 g/mol. The monoisotopic (exact) mass is 452 g/mol. The molecule has 0 N–H and O–H groups in total. The molecule has 0 aromatic heterocycles. The summed E-state index contributed by atoms with van der Waals surface area (Å²) >= 11 is 0. The molecule has 33 heavy (non-hydrogen) atoms. The van der Waals surface area contributed by atoms with Gasteiger partial charge < -0.3 is 0 Å². The molecule has 1 aliphatic carbocycles. The number of hydrogen-bond acceptors (Lipinski definition) is 0. The molecule has 2 rings (SSSR count). The van der Waals surface area contributed by atoms with Gasteiger partial charge in [-0.3, -0.25) is 0 Å². The lowest BCUT2D eigenvalue weighted by molar-refractivity contribution is 0.222. The summed E-state index contributed by atoms with van der Waals surface area (Å²) in [7, 11) is 0. The Morgan fingerprint density at radius 1 is 0.879 bits per heavy atom. The van der Waals surface area contributed by atoms with Crippen LogP contribution < -0.4 is 0 Å². The zero-order chi connectivity index (χ0) is 25.7. The SMILES string of the molecule is C=C(CC)C1=C(C)CC(CCC)(CCC)CC1=C.C=Cc1ccccc1.CC.CCCCC. The predicted octanol–water partition coefficient (Wildman–Crippen LogP) is 11.8. The highest BCUT2D eigenvalue weighted by molar-refractivity contribution is 5.49. The van der Waals surface area contributed by atoms with Crippen molar-refractivity contribution >= 4 is 6.08 Å². The van der Waals surface area contributed by atoms with E-state index in [9.17, 15) is 0 Å². The minimum absolute atomic E-state index is 0.488. The van der Waals surface area contributed by atoms with Gasteiger partial charge in [0.1, 0.15) is 0 Å². The Morgan fingerprint density at radius 2 is 1.39 bits per heavy atom. The quantitative estimate of drug-likeness (QED) is 0.349. The van der Waals surface area contributed by atoms with Crippen LogP contribution in [0.15, 0.2) is 72.4 Å². The maximum Gasteiger partial charge on any atom is -0.0215 e. The lowest BCUT2D eigenvalue weighted by atomic mass is 9.64. The highest BCUT2D eigenvalue weighted by Crippen LogP contribution is 2.49. The molecule has 0 fully saturated rings. The van der Waals surface area contributed by atoms with Gasteiger partial charge >= 0.3 is 0 Å². The summed E-state index contributed by atoms with van der Waals surface area (Å²) in [6.45, 7) is 29.7. The zero-order valence-electron chi connectivity index (χ0n) is 23.7. The van der Waals surface area contributed by atoms with Gasteiger partial charge in [-0.25, -0.2) is 0 Å². The molecule has 188 valence electrons. The fourth-order valence-corrected chi connectivity index (χ4v) is 4.77. The van der Waals surface area contributed by atoms with Crippen molar-refractivity contribution < 1.29 is 0 Å². The van der Waals surface area contributed by atoms with Crippen LogP contribution in [0.25, 0.3) is 6.08 Å². The van der Waals surface area contributed by atoms with Gasteiger partial charge in [-0.15, -0.1) is 0 Å². The van der Waals surface area contributed by atoms with E-state index in [0.29, 0.717) is 5.41 Å². The van der Waals surface area contributed by atoms with E-state index in [-0.39, 0.29) is 0 Å². The van der Waals surface area contributed by atoms with E-state index in [1.54, 1.807) is 0 Å². The first-order valence-corrected chi connectivity index (χ1v) is 13.6. The van der Waals surface area contributed by atoms with Crippen molar-refractivity contribution in [2.45, 2.75) is 120 Å². The van der Waals surface area contributed by atoms with Gasteiger partial charge in [0.25, 0.3) is 0 Å². The van der Waals surface area contributed by atoms with Gasteiger partial charge in [0, 0.05) is 0 Å². The summed E-state index contributed by atoms with van der Waals surface area (Å²) in [5.41, 5.74) is 7.21. The third-order valence-electron chi connectivity index (χ3n) is 6.09. The molecule has 0 saturated carbocycles. The van der Waals surface area contributed by atoms with Crippen molar-refractivity contribution in [3.05, 3.63) is 77.9 Å². The van der Waals surface area contributed by atoms with Crippen LogP contribution in [-0.4, -0.2) is 0 Å². The topological polar surface area (TPSA) is 0 Å². The summed E-state index contributed by atoms with van der Waals surface area (Å²) in [6, 6.07) is 10.0. The molecule has 1 aliphatic rings. The molecule has 0 aliphatic heterocycles. The Morgan fingerprint density at radius 3 is 1.70 bits per heavy atom. The molecule has 0 unspecified atom stereocenters. The minimum atomic E-state index is 0.488. The molecule has 0 heterocycles. The second-order valence-corrected chi connectivity index (χ2v) is 9.04. The first kappa shape index (κ1) is 33.4. The van der Waals surface area contributed by atoms with Gasteiger partial charge in [0.15, 0.2) is 0 Å². The molecule has 1 aromatic rings. The summed E-state index contributed by atoms with van der Waals surface area (Å²) in [5, 5.41) is 0. The number of benzene rings is 1. The van der Waals surface area contributed by atoms with Crippen LogP contribution in [0.5, 0.6) is 0 Å². The molecular formula is C33H56. The molecule has 0 heteroatoms. The Kier molecular flexibility index (Phi) is 21.0. The molecule has 1 aromatic carbocycles. The number of hydrogen-bond donors (Lipinski definition) is 0. The Bertz CT molecular complexity index is 663. The van der Waals surface area contributed by atoms with Crippen LogP contribution in [0.3, 0.4) is 0 Å². The highest BCUT2D eigenvalue weighted by atomic mass is 14.4. The number of rotatable bonds is 9. The second-order valence-electron chi connectivity index (χ2n) is 9.04. The first-order valence-electron chi connectivity index (χ1n) is 13.6. The summed E-state index contributed by atoms with van der Waals surface area (Å²) in [5.74, 6) is 0. The normalized spacial score (nSPS) is 14.0. The van der Waals surface area contributed by atoms with Gasteiger partial charge in [-0.05, 0) is 66.7 Å². The van der Waals surface area contributed by atoms with E-state index in [4.69, 9.17) is 0 Å². The molecule has 0 bridgehead atoms. The molecule has 0 atom stereocenters. The largest absolute Gasteiger partial charge is 0.0985 e. The maximum absolute atomic E-state index is 4.36. The average molecular weight is 453 g/mol. The van der Waals surface area contributed by atoms with E-state index in [1.807, 2.05) is 50.3 Å². The van der Waals surface area contributed by atoms with Crippen LogP contribution in [0.2, 0.25) is 0 Å². The summed E-state index contributed by atoms with van der Waals surface area (Å²) < 4.78 is 0. The van der Waals surface area contributed by atoms with Crippen LogP contribution >= 0.6 is 0 Å². The third kappa shape index (κ3) is 13.5. The van der Waals surface area contributed by atoms with Crippen LogP contribution in [-0.2, 0) is 0 Å². The molecule has 0 amide bonds. The highest BCUT2D eigenvalue weighted by Gasteiger charge is 2.34. The summed E-state index contributed by atoms with van der Waals surface area (Å²) in [6.07, 6.45) is 14.6. The fourth-order valence-electron chi connectivity index (χ4n) is 4.77. The van der Waals surface area contributed by atoms with Crippen LogP contribution in [0.4, 0.5) is 0 Å². The zero-order valence-corrected chi connectivity index (χ0v) is 23.7.